The van der Waals surface area contributed by atoms with Crippen molar-refractivity contribution in [2.75, 3.05) is 4.90 Å². The van der Waals surface area contributed by atoms with Crippen molar-refractivity contribution in [2.45, 2.75) is 25.8 Å². The molecule has 0 fully saturated rings. The third-order valence-corrected chi connectivity index (χ3v) is 6.34. The largest absolute Gasteiger partial charge is 0.508 e. The summed E-state index contributed by atoms with van der Waals surface area (Å²) in [6.07, 6.45) is 0. The van der Waals surface area contributed by atoms with Crippen LogP contribution in [0.3, 0.4) is 0 Å². The van der Waals surface area contributed by atoms with E-state index in [1.54, 1.807) is 36.4 Å². The SMILES string of the molecule is CC(C)c1nnc(N2C(=O)c3oc4ccccc4c(=O)c3[C@H]2c2ccc(O)cc2)s1. The van der Waals surface area contributed by atoms with Gasteiger partial charge in [0.25, 0.3) is 5.91 Å². The van der Waals surface area contributed by atoms with E-state index in [-0.39, 0.29) is 28.4 Å². The molecule has 30 heavy (non-hydrogen) atoms. The maximum absolute atomic E-state index is 13.4. The average molecular weight is 419 g/mol. The van der Waals surface area contributed by atoms with Gasteiger partial charge in [0.2, 0.25) is 10.9 Å². The molecular weight excluding hydrogens is 402 g/mol. The summed E-state index contributed by atoms with van der Waals surface area (Å²) in [5, 5.41) is 19.7. The van der Waals surface area contributed by atoms with Crippen LogP contribution in [0.1, 0.15) is 52.5 Å². The highest BCUT2D eigenvalue weighted by molar-refractivity contribution is 7.15. The van der Waals surface area contributed by atoms with Gasteiger partial charge in [0.05, 0.1) is 17.0 Å². The molecule has 4 aromatic rings. The highest BCUT2D eigenvalue weighted by atomic mass is 32.1. The molecule has 1 atom stereocenters. The molecule has 3 heterocycles. The molecule has 1 amide bonds. The Morgan fingerprint density at radius 1 is 1.07 bits per heavy atom. The van der Waals surface area contributed by atoms with E-state index in [2.05, 4.69) is 10.2 Å². The third-order valence-electron chi connectivity index (χ3n) is 5.12. The second-order valence-corrected chi connectivity index (χ2v) is 8.40. The molecule has 0 aliphatic carbocycles. The first kappa shape index (κ1) is 18.5. The first-order valence-corrected chi connectivity index (χ1v) is 10.3. The van der Waals surface area contributed by atoms with Gasteiger partial charge in [0.1, 0.15) is 16.3 Å². The second-order valence-electron chi connectivity index (χ2n) is 7.42. The Labute approximate surface area is 175 Å². The molecule has 0 bridgehead atoms. The number of hydrogen-bond donors (Lipinski definition) is 1. The number of anilines is 1. The number of fused-ring (bicyclic) bond motifs is 2. The van der Waals surface area contributed by atoms with Gasteiger partial charge in [-0.1, -0.05) is 49.4 Å². The fourth-order valence-corrected chi connectivity index (χ4v) is 4.52. The molecule has 7 nitrogen and oxygen atoms in total. The number of nitrogens with zero attached hydrogens (tertiary/aromatic N) is 3. The van der Waals surface area contributed by atoms with Crippen LogP contribution in [0.5, 0.6) is 5.75 Å². The van der Waals surface area contributed by atoms with Crippen molar-refractivity contribution in [2.24, 2.45) is 0 Å². The number of carbonyl (C=O) groups excluding carboxylic acids is 1. The van der Waals surface area contributed by atoms with Gasteiger partial charge < -0.3 is 9.52 Å². The van der Waals surface area contributed by atoms with E-state index < -0.39 is 11.9 Å². The van der Waals surface area contributed by atoms with Crippen LogP contribution in [0.2, 0.25) is 0 Å². The molecule has 8 heteroatoms. The van der Waals surface area contributed by atoms with Crippen LogP contribution in [0, 0.1) is 0 Å². The zero-order valence-electron chi connectivity index (χ0n) is 16.2. The van der Waals surface area contributed by atoms with Crippen LogP contribution in [0.25, 0.3) is 11.0 Å². The van der Waals surface area contributed by atoms with Gasteiger partial charge in [-0.05, 0) is 29.8 Å². The lowest BCUT2D eigenvalue weighted by molar-refractivity contribution is 0.0970. The van der Waals surface area contributed by atoms with Gasteiger partial charge in [-0.15, -0.1) is 10.2 Å². The average Bonchev–Trinajstić information content (AvgIpc) is 3.33. The summed E-state index contributed by atoms with van der Waals surface area (Å²) in [4.78, 5) is 28.3. The maximum atomic E-state index is 13.4. The number of para-hydroxylation sites is 1. The minimum Gasteiger partial charge on any atom is -0.508 e. The van der Waals surface area contributed by atoms with Crippen LogP contribution < -0.4 is 10.3 Å². The smallest absolute Gasteiger partial charge is 0.297 e. The second kappa shape index (κ2) is 6.77. The van der Waals surface area contributed by atoms with Gasteiger partial charge in [0.15, 0.2) is 5.43 Å². The minimum atomic E-state index is -0.720. The molecule has 0 saturated heterocycles. The van der Waals surface area contributed by atoms with E-state index in [0.717, 1.165) is 5.01 Å². The Morgan fingerprint density at radius 2 is 1.80 bits per heavy atom. The van der Waals surface area contributed by atoms with E-state index >= 15 is 0 Å². The lowest BCUT2D eigenvalue weighted by Crippen LogP contribution is -2.29. The number of carbonyl (C=O) groups is 1. The maximum Gasteiger partial charge on any atom is 0.297 e. The van der Waals surface area contributed by atoms with Crippen molar-refractivity contribution < 1.29 is 14.3 Å². The normalized spacial score (nSPS) is 15.9. The van der Waals surface area contributed by atoms with Crippen molar-refractivity contribution >= 4 is 33.3 Å². The zero-order valence-corrected chi connectivity index (χ0v) is 17.0. The van der Waals surface area contributed by atoms with Crippen LogP contribution in [-0.2, 0) is 0 Å². The Balaban J connectivity index is 1.78. The van der Waals surface area contributed by atoms with Gasteiger partial charge in [-0.3, -0.25) is 14.5 Å². The number of benzene rings is 2. The summed E-state index contributed by atoms with van der Waals surface area (Å²) in [5.74, 6) is -0.167. The molecule has 150 valence electrons. The number of aromatic nitrogens is 2. The van der Waals surface area contributed by atoms with Crippen LogP contribution in [0.15, 0.2) is 57.7 Å². The third kappa shape index (κ3) is 2.72. The summed E-state index contributed by atoms with van der Waals surface area (Å²) < 4.78 is 5.89. The van der Waals surface area contributed by atoms with E-state index in [4.69, 9.17) is 4.42 Å². The molecule has 5 rings (SSSR count). The topological polar surface area (TPSA) is 96.5 Å². The molecule has 1 aliphatic heterocycles. The number of phenols is 1. The number of hydrogen-bond acceptors (Lipinski definition) is 7. The summed E-state index contributed by atoms with van der Waals surface area (Å²) >= 11 is 1.31. The highest BCUT2D eigenvalue weighted by Crippen LogP contribution is 2.42. The van der Waals surface area contributed by atoms with Gasteiger partial charge in [-0.2, -0.15) is 0 Å². The number of aromatic hydroxyl groups is 1. The summed E-state index contributed by atoms with van der Waals surface area (Å²) in [5.41, 5.74) is 1.05. The fraction of sp³-hybridized carbons (Fsp3) is 0.182. The van der Waals surface area contributed by atoms with E-state index in [1.165, 1.54) is 28.4 Å². The molecule has 2 aromatic heterocycles. The predicted molar refractivity (Wildman–Crippen MR) is 113 cm³/mol. The summed E-state index contributed by atoms with van der Waals surface area (Å²) in [6, 6.07) is 12.6. The minimum absolute atomic E-state index is 0.0121. The standard InChI is InChI=1S/C22H17N3O4S/c1-11(2)20-23-24-22(30-20)25-17(12-7-9-13(26)10-8-12)16-18(27)14-5-3-4-6-15(14)29-19(16)21(25)28/h3-11,17,26H,1-2H3/t17-/m1/s1. The van der Waals surface area contributed by atoms with Gasteiger partial charge in [0, 0.05) is 5.92 Å². The predicted octanol–water partition coefficient (Wildman–Crippen LogP) is 4.22. The van der Waals surface area contributed by atoms with Crippen molar-refractivity contribution in [1.82, 2.24) is 10.2 Å². The van der Waals surface area contributed by atoms with Gasteiger partial charge >= 0.3 is 0 Å². The quantitative estimate of drug-likeness (QED) is 0.534. The number of rotatable bonds is 3. The van der Waals surface area contributed by atoms with Crippen LogP contribution in [-0.4, -0.2) is 21.2 Å². The summed E-state index contributed by atoms with van der Waals surface area (Å²) in [6.45, 7) is 4.00. The van der Waals surface area contributed by atoms with Gasteiger partial charge in [-0.25, -0.2) is 0 Å². The van der Waals surface area contributed by atoms with Crippen molar-refractivity contribution in [1.29, 1.82) is 0 Å². The zero-order chi connectivity index (χ0) is 21.0. The Bertz CT molecular complexity index is 1340. The molecule has 0 spiro atoms. The van der Waals surface area contributed by atoms with E-state index in [9.17, 15) is 14.7 Å². The molecule has 0 radical (unpaired) electrons. The van der Waals surface area contributed by atoms with Crippen LogP contribution >= 0.6 is 11.3 Å². The summed E-state index contributed by atoms with van der Waals surface area (Å²) in [7, 11) is 0. The molecule has 0 unspecified atom stereocenters. The first-order chi connectivity index (χ1) is 14.5. The monoisotopic (exact) mass is 419 g/mol. The van der Waals surface area contributed by atoms with E-state index in [0.29, 0.717) is 21.7 Å². The lowest BCUT2D eigenvalue weighted by atomic mass is 9.98. The highest BCUT2D eigenvalue weighted by Gasteiger charge is 2.45. The molecule has 1 aliphatic rings. The molecule has 0 saturated carbocycles. The number of phenolic OH excluding ortho intramolecular Hbond substituents is 1. The Kier molecular flexibility index (Phi) is 4.18. The first-order valence-electron chi connectivity index (χ1n) is 9.47. The molecule has 2 aromatic carbocycles. The Hall–Kier alpha value is -3.52. The fourth-order valence-electron chi connectivity index (χ4n) is 3.65. The molecular formula is C22H17N3O4S. The van der Waals surface area contributed by atoms with Crippen LogP contribution in [0.4, 0.5) is 5.13 Å². The lowest BCUT2D eigenvalue weighted by Gasteiger charge is -2.22. The van der Waals surface area contributed by atoms with E-state index in [1.807, 2.05) is 13.8 Å². The number of amides is 1. The molecule has 1 N–H and O–H groups in total. The van der Waals surface area contributed by atoms with Crippen molar-refractivity contribution in [3.63, 3.8) is 0 Å². The van der Waals surface area contributed by atoms with Crippen molar-refractivity contribution in [3.8, 4) is 5.75 Å². The Morgan fingerprint density at radius 3 is 2.50 bits per heavy atom. The van der Waals surface area contributed by atoms with Crippen molar-refractivity contribution in [3.05, 3.63) is 80.6 Å².